The Hall–Kier alpha value is -1.44. The molecule has 0 unspecified atom stereocenters. The second-order valence-corrected chi connectivity index (χ2v) is 2.44. The van der Waals surface area contributed by atoms with Gasteiger partial charge in [-0.15, -0.1) is 0 Å². The molecule has 1 rings (SSSR count). The summed E-state index contributed by atoms with van der Waals surface area (Å²) in [7, 11) is 0. The number of carbonyl (C=O) groups is 1. The third kappa shape index (κ3) is 1.78. The average molecular weight is 164 g/mol. The van der Waals surface area contributed by atoms with Crippen LogP contribution in [0.25, 0.3) is 5.57 Å². The van der Waals surface area contributed by atoms with Gasteiger partial charge in [0.2, 0.25) is 0 Å². The van der Waals surface area contributed by atoms with E-state index in [1.54, 1.807) is 24.3 Å². The van der Waals surface area contributed by atoms with E-state index in [2.05, 4.69) is 0 Å². The molecule has 0 aromatic heterocycles. The topological polar surface area (TPSA) is 17.1 Å². The first-order valence-corrected chi connectivity index (χ1v) is 3.62. The van der Waals surface area contributed by atoms with Gasteiger partial charge in [0, 0.05) is 0 Å². The molecule has 2 heteroatoms. The molecule has 0 amide bonds. The Balaban J connectivity index is 3.05. The Kier molecular flexibility index (Phi) is 2.75. The van der Waals surface area contributed by atoms with Crippen molar-refractivity contribution in [1.29, 1.82) is 0 Å². The van der Waals surface area contributed by atoms with E-state index in [1.807, 2.05) is 6.07 Å². The summed E-state index contributed by atoms with van der Waals surface area (Å²) in [5, 5.41) is 0. The smallest absolute Gasteiger partial charge is 0.162 e. The summed E-state index contributed by atoms with van der Waals surface area (Å²) < 4.78 is 12.2. The van der Waals surface area contributed by atoms with E-state index >= 15 is 0 Å². The van der Waals surface area contributed by atoms with Gasteiger partial charge in [-0.2, -0.15) is 0 Å². The monoisotopic (exact) mass is 164 g/mol. The van der Waals surface area contributed by atoms with Crippen molar-refractivity contribution in [2.75, 3.05) is 0 Å². The Morgan fingerprint density at radius 3 is 2.33 bits per heavy atom. The van der Waals surface area contributed by atoms with Crippen LogP contribution in [0.2, 0.25) is 0 Å². The SMILES string of the molecule is CC(=O)C(=CF)c1ccccc1. The molecule has 0 radical (unpaired) electrons. The molecular weight excluding hydrogens is 155 g/mol. The lowest BCUT2D eigenvalue weighted by molar-refractivity contribution is -0.111. The zero-order chi connectivity index (χ0) is 8.97. The molecule has 0 spiro atoms. The molecule has 0 aliphatic carbocycles. The Labute approximate surface area is 70.5 Å². The first-order chi connectivity index (χ1) is 5.75. The number of allylic oxidation sites excluding steroid dienone is 1. The van der Waals surface area contributed by atoms with Crippen LogP contribution in [0.5, 0.6) is 0 Å². The van der Waals surface area contributed by atoms with E-state index in [1.165, 1.54) is 6.92 Å². The molecule has 0 aliphatic rings. The first kappa shape index (κ1) is 8.65. The number of hydrogen-bond donors (Lipinski definition) is 0. The van der Waals surface area contributed by atoms with Crippen LogP contribution in [-0.2, 0) is 4.79 Å². The summed E-state index contributed by atoms with van der Waals surface area (Å²) in [6.45, 7) is 1.35. The lowest BCUT2D eigenvalue weighted by Crippen LogP contribution is -1.94. The zero-order valence-electron chi connectivity index (χ0n) is 6.75. The highest BCUT2D eigenvalue weighted by Gasteiger charge is 2.05. The van der Waals surface area contributed by atoms with Crippen molar-refractivity contribution in [3.05, 3.63) is 42.2 Å². The second-order valence-electron chi connectivity index (χ2n) is 2.44. The Morgan fingerprint density at radius 2 is 1.92 bits per heavy atom. The fraction of sp³-hybridized carbons (Fsp3) is 0.100. The van der Waals surface area contributed by atoms with Crippen LogP contribution in [-0.4, -0.2) is 5.78 Å². The van der Waals surface area contributed by atoms with Gasteiger partial charge in [-0.1, -0.05) is 30.3 Å². The third-order valence-electron chi connectivity index (χ3n) is 1.57. The van der Waals surface area contributed by atoms with Gasteiger partial charge in [-0.25, -0.2) is 4.39 Å². The number of carbonyl (C=O) groups excluding carboxylic acids is 1. The summed E-state index contributed by atoms with van der Waals surface area (Å²) in [6.07, 6.45) is 0.345. The second kappa shape index (κ2) is 3.81. The molecule has 0 aliphatic heterocycles. The van der Waals surface area contributed by atoms with Gasteiger partial charge in [-0.3, -0.25) is 4.79 Å². The third-order valence-corrected chi connectivity index (χ3v) is 1.57. The van der Waals surface area contributed by atoms with Crippen LogP contribution < -0.4 is 0 Å². The fourth-order valence-corrected chi connectivity index (χ4v) is 0.961. The van der Waals surface area contributed by atoms with E-state index in [4.69, 9.17) is 0 Å². The molecular formula is C10H9FO. The van der Waals surface area contributed by atoms with E-state index in [-0.39, 0.29) is 11.4 Å². The highest BCUT2D eigenvalue weighted by atomic mass is 19.1. The molecule has 0 saturated heterocycles. The van der Waals surface area contributed by atoms with Crippen LogP contribution in [0.15, 0.2) is 36.7 Å². The van der Waals surface area contributed by atoms with Crippen molar-refractivity contribution in [2.45, 2.75) is 6.92 Å². The Bertz CT molecular complexity index is 301. The van der Waals surface area contributed by atoms with Gasteiger partial charge in [-0.05, 0) is 12.5 Å². The minimum atomic E-state index is -0.260. The maximum atomic E-state index is 12.2. The molecule has 0 heterocycles. The van der Waals surface area contributed by atoms with E-state index in [0.717, 1.165) is 0 Å². The number of Topliss-reactive ketones (excluding diaryl/α,β-unsaturated/α-hetero) is 1. The number of ketones is 1. The van der Waals surface area contributed by atoms with Crippen LogP contribution >= 0.6 is 0 Å². The van der Waals surface area contributed by atoms with E-state index in [9.17, 15) is 9.18 Å². The van der Waals surface area contributed by atoms with Gasteiger partial charge >= 0.3 is 0 Å². The predicted octanol–water partition coefficient (Wildman–Crippen LogP) is 2.59. The molecule has 62 valence electrons. The van der Waals surface area contributed by atoms with Crippen LogP contribution in [0, 0.1) is 0 Å². The lowest BCUT2D eigenvalue weighted by Gasteiger charge is -1.99. The predicted molar refractivity (Wildman–Crippen MR) is 46.2 cm³/mol. The maximum absolute atomic E-state index is 12.2. The molecule has 0 bridgehead atoms. The molecule has 1 aromatic carbocycles. The van der Waals surface area contributed by atoms with E-state index < -0.39 is 0 Å². The van der Waals surface area contributed by atoms with Crippen molar-refractivity contribution < 1.29 is 9.18 Å². The number of rotatable bonds is 2. The summed E-state index contributed by atoms with van der Waals surface area (Å²) >= 11 is 0. The lowest BCUT2D eigenvalue weighted by atomic mass is 10.0. The summed E-state index contributed by atoms with van der Waals surface area (Å²) in [6, 6.07) is 8.75. The van der Waals surface area contributed by atoms with Gasteiger partial charge in [0.25, 0.3) is 0 Å². The van der Waals surface area contributed by atoms with Crippen molar-refractivity contribution in [2.24, 2.45) is 0 Å². The van der Waals surface area contributed by atoms with Gasteiger partial charge in [0.05, 0.1) is 11.9 Å². The summed E-state index contributed by atoms with van der Waals surface area (Å²) in [5.41, 5.74) is 0.739. The van der Waals surface area contributed by atoms with Crippen molar-refractivity contribution in [3.8, 4) is 0 Å². The minimum Gasteiger partial charge on any atom is -0.294 e. The molecule has 1 aromatic rings. The number of benzene rings is 1. The molecule has 1 nitrogen and oxygen atoms in total. The molecule has 0 atom stereocenters. The van der Waals surface area contributed by atoms with Crippen molar-refractivity contribution in [3.63, 3.8) is 0 Å². The average Bonchev–Trinajstić information content (AvgIpc) is 2.07. The minimum absolute atomic E-state index is 0.121. The van der Waals surface area contributed by atoms with Gasteiger partial charge in [0.15, 0.2) is 5.78 Å². The van der Waals surface area contributed by atoms with Crippen molar-refractivity contribution >= 4 is 11.4 Å². The number of halogens is 1. The summed E-state index contributed by atoms with van der Waals surface area (Å²) in [5.74, 6) is -0.260. The quantitative estimate of drug-likeness (QED) is 0.614. The molecule has 12 heavy (non-hydrogen) atoms. The fourth-order valence-electron chi connectivity index (χ4n) is 0.961. The van der Waals surface area contributed by atoms with Gasteiger partial charge < -0.3 is 0 Å². The molecule has 0 fully saturated rings. The summed E-state index contributed by atoms with van der Waals surface area (Å²) in [4.78, 5) is 10.9. The number of hydrogen-bond acceptors (Lipinski definition) is 1. The standard InChI is InChI=1S/C10H9FO/c1-8(12)10(7-11)9-5-3-2-4-6-9/h2-7H,1H3. The van der Waals surface area contributed by atoms with Crippen LogP contribution in [0.1, 0.15) is 12.5 Å². The highest BCUT2D eigenvalue weighted by Crippen LogP contribution is 2.14. The van der Waals surface area contributed by atoms with Crippen LogP contribution in [0.3, 0.4) is 0 Å². The largest absolute Gasteiger partial charge is 0.294 e. The normalized spacial score (nSPS) is 11.3. The molecule has 0 N–H and O–H groups in total. The Morgan fingerprint density at radius 1 is 1.33 bits per heavy atom. The van der Waals surface area contributed by atoms with Crippen molar-refractivity contribution in [1.82, 2.24) is 0 Å². The highest BCUT2D eigenvalue weighted by molar-refractivity contribution is 6.19. The maximum Gasteiger partial charge on any atom is 0.162 e. The van der Waals surface area contributed by atoms with Gasteiger partial charge in [0.1, 0.15) is 0 Å². The van der Waals surface area contributed by atoms with E-state index in [0.29, 0.717) is 11.9 Å². The molecule has 0 saturated carbocycles. The zero-order valence-corrected chi connectivity index (χ0v) is 6.75. The van der Waals surface area contributed by atoms with Crippen LogP contribution in [0.4, 0.5) is 4.39 Å². The first-order valence-electron chi connectivity index (χ1n) is 3.62.